The molecule has 0 aliphatic heterocycles. The van der Waals surface area contributed by atoms with Crippen molar-refractivity contribution in [2.24, 2.45) is 0 Å². The first-order chi connectivity index (χ1) is 7.95. The van der Waals surface area contributed by atoms with Crippen molar-refractivity contribution in [1.82, 2.24) is 15.6 Å². The second-order valence-electron chi connectivity index (χ2n) is 3.40. The summed E-state index contributed by atoms with van der Waals surface area (Å²) in [5.41, 5.74) is 5.67. The number of carbonyl (C=O) groups excluding carboxylic acids is 2. The standard InChI is InChI=1S/C10H13ClN4O2/c1-5(9(16)13-2)15-10(17)6-3-7(11)8(12)14-4-6/h3-5H,1-2H3,(H2,12,14)(H,13,16)(H,15,17). The van der Waals surface area contributed by atoms with Crippen LogP contribution < -0.4 is 16.4 Å². The molecule has 1 aromatic rings. The van der Waals surface area contributed by atoms with E-state index >= 15 is 0 Å². The summed E-state index contributed by atoms with van der Waals surface area (Å²) in [5, 5.41) is 5.13. The minimum Gasteiger partial charge on any atom is -0.382 e. The number of hydrogen-bond donors (Lipinski definition) is 3. The number of hydrogen-bond acceptors (Lipinski definition) is 4. The van der Waals surface area contributed by atoms with Crippen molar-refractivity contribution in [3.63, 3.8) is 0 Å². The number of aromatic nitrogens is 1. The number of nitrogens with two attached hydrogens (primary N) is 1. The second kappa shape index (κ2) is 5.49. The fourth-order valence-corrected chi connectivity index (χ4v) is 1.30. The summed E-state index contributed by atoms with van der Waals surface area (Å²) in [6, 6.07) is 0.763. The Labute approximate surface area is 104 Å². The molecule has 0 fully saturated rings. The molecule has 6 nitrogen and oxygen atoms in total. The first kappa shape index (κ1) is 13.2. The maximum absolute atomic E-state index is 11.7. The average molecular weight is 257 g/mol. The molecule has 0 saturated carbocycles. The van der Waals surface area contributed by atoms with E-state index in [1.54, 1.807) is 6.92 Å². The number of nitrogens with zero attached hydrogens (tertiary/aromatic N) is 1. The quantitative estimate of drug-likeness (QED) is 0.719. The van der Waals surface area contributed by atoms with Crippen LogP contribution in [-0.2, 0) is 4.79 Å². The SMILES string of the molecule is CNC(=O)C(C)NC(=O)c1cnc(N)c(Cl)c1. The van der Waals surface area contributed by atoms with Crippen molar-refractivity contribution < 1.29 is 9.59 Å². The summed E-state index contributed by atoms with van der Waals surface area (Å²) in [6.45, 7) is 1.57. The molecule has 0 bridgehead atoms. The van der Waals surface area contributed by atoms with E-state index in [1.807, 2.05) is 0 Å². The van der Waals surface area contributed by atoms with Gasteiger partial charge in [-0.15, -0.1) is 0 Å². The number of likely N-dealkylation sites (N-methyl/N-ethyl adjacent to an activating group) is 1. The summed E-state index contributed by atoms with van der Waals surface area (Å²) >= 11 is 5.74. The van der Waals surface area contributed by atoms with Crippen LogP contribution in [0, 0.1) is 0 Å². The van der Waals surface area contributed by atoms with Gasteiger partial charge in [0.25, 0.3) is 5.91 Å². The molecular formula is C10H13ClN4O2. The third kappa shape index (κ3) is 3.32. The number of anilines is 1. The zero-order valence-corrected chi connectivity index (χ0v) is 10.2. The van der Waals surface area contributed by atoms with Crippen molar-refractivity contribution in [1.29, 1.82) is 0 Å². The Hall–Kier alpha value is -1.82. The van der Waals surface area contributed by atoms with E-state index in [4.69, 9.17) is 17.3 Å². The predicted octanol–water partition coefficient (Wildman–Crippen LogP) is 0.181. The number of rotatable bonds is 3. The molecule has 4 N–H and O–H groups in total. The highest BCUT2D eigenvalue weighted by Crippen LogP contribution is 2.16. The summed E-state index contributed by atoms with van der Waals surface area (Å²) in [6.07, 6.45) is 1.30. The number of carbonyl (C=O) groups is 2. The molecule has 92 valence electrons. The molecule has 0 spiro atoms. The lowest BCUT2D eigenvalue weighted by molar-refractivity contribution is -0.122. The number of nitrogens with one attached hydrogen (secondary N) is 2. The van der Waals surface area contributed by atoms with Crippen molar-refractivity contribution in [2.75, 3.05) is 12.8 Å². The van der Waals surface area contributed by atoms with Gasteiger partial charge >= 0.3 is 0 Å². The molecule has 1 rings (SSSR count). The zero-order valence-electron chi connectivity index (χ0n) is 9.45. The van der Waals surface area contributed by atoms with Crippen molar-refractivity contribution >= 4 is 29.2 Å². The number of pyridine rings is 1. The second-order valence-corrected chi connectivity index (χ2v) is 3.81. The fourth-order valence-electron chi connectivity index (χ4n) is 1.13. The van der Waals surface area contributed by atoms with Crippen molar-refractivity contribution in [2.45, 2.75) is 13.0 Å². The normalized spacial score (nSPS) is 11.7. The van der Waals surface area contributed by atoms with Crippen LogP contribution in [-0.4, -0.2) is 29.9 Å². The Morgan fingerprint density at radius 3 is 2.71 bits per heavy atom. The molecule has 1 aromatic heterocycles. The third-order valence-electron chi connectivity index (χ3n) is 2.12. The molecule has 2 amide bonds. The molecule has 0 aliphatic carbocycles. The lowest BCUT2D eigenvalue weighted by atomic mass is 10.2. The highest BCUT2D eigenvalue weighted by Gasteiger charge is 2.16. The zero-order chi connectivity index (χ0) is 13.0. The molecule has 7 heteroatoms. The number of halogens is 1. The fraction of sp³-hybridized carbons (Fsp3) is 0.300. The highest BCUT2D eigenvalue weighted by atomic mass is 35.5. The van der Waals surface area contributed by atoms with Gasteiger partial charge < -0.3 is 16.4 Å². The van der Waals surface area contributed by atoms with Crippen LogP contribution in [0.3, 0.4) is 0 Å². The Bertz CT molecular complexity index is 450. The molecule has 0 aliphatic rings. The van der Waals surface area contributed by atoms with Crippen LogP contribution in [0.4, 0.5) is 5.82 Å². The molecule has 17 heavy (non-hydrogen) atoms. The van der Waals surface area contributed by atoms with E-state index in [-0.39, 0.29) is 22.3 Å². The van der Waals surface area contributed by atoms with Crippen LogP contribution in [0.15, 0.2) is 12.3 Å². The minimum atomic E-state index is -0.635. The van der Waals surface area contributed by atoms with Crippen LogP contribution in [0.2, 0.25) is 5.02 Å². The first-order valence-corrected chi connectivity index (χ1v) is 5.27. The van der Waals surface area contributed by atoms with Gasteiger partial charge in [0.05, 0.1) is 10.6 Å². The number of nitrogen functional groups attached to an aromatic ring is 1. The van der Waals surface area contributed by atoms with Crippen molar-refractivity contribution in [3.8, 4) is 0 Å². The Morgan fingerprint density at radius 1 is 1.53 bits per heavy atom. The van der Waals surface area contributed by atoms with Gasteiger partial charge in [-0.1, -0.05) is 11.6 Å². The van der Waals surface area contributed by atoms with Gasteiger partial charge in [0.2, 0.25) is 5.91 Å². The Kier molecular flexibility index (Phi) is 4.28. The average Bonchev–Trinajstić information content (AvgIpc) is 2.31. The first-order valence-electron chi connectivity index (χ1n) is 4.89. The topological polar surface area (TPSA) is 97.1 Å². The van der Waals surface area contributed by atoms with Crippen LogP contribution in [0.1, 0.15) is 17.3 Å². The summed E-state index contributed by atoms with van der Waals surface area (Å²) in [5.74, 6) is -0.564. The van der Waals surface area contributed by atoms with E-state index in [9.17, 15) is 9.59 Å². The van der Waals surface area contributed by atoms with Gasteiger partial charge in [-0.25, -0.2) is 4.98 Å². The van der Waals surface area contributed by atoms with Gasteiger partial charge in [-0.05, 0) is 13.0 Å². The molecule has 1 unspecified atom stereocenters. The largest absolute Gasteiger partial charge is 0.382 e. The van der Waals surface area contributed by atoms with Gasteiger partial charge in [-0.2, -0.15) is 0 Å². The smallest absolute Gasteiger partial charge is 0.253 e. The van der Waals surface area contributed by atoms with E-state index in [0.29, 0.717) is 0 Å². The lowest BCUT2D eigenvalue weighted by Crippen LogP contribution is -2.43. The monoisotopic (exact) mass is 256 g/mol. The van der Waals surface area contributed by atoms with E-state index in [1.165, 1.54) is 19.3 Å². The third-order valence-corrected chi connectivity index (χ3v) is 2.42. The minimum absolute atomic E-state index is 0.155. The van der Waals surface area contributed by atoms with Gasteiger partial charge in [0.15, 0.2) is 0 Å². The highest BCUT2D eigenvalue weighted by molar-refractivity contribution is 6.33. The Morgan fingerprint density at radius 2 is 2.18 bits per heavy atom. The summed E-state index contributed by atoms with van der Waals surface area (Å²) in [4.78, 5) is 26.7. The van der Waals surface area contributed by atoms with Gasteiger partial charge in [0, 0.05) is 13.2 Å². The van der Waals surface area contributed by atoms with Crippen LogP contribution in [0.5, 0.6) is 0 Å². The molecule has 0 aromatic carbocycles. The molecular weight excluding hydrogens is 244 g/mol. The maximum atomic E-state index is 11.7. The molecule has 1 heterocycles. The van der Waals surface area contributed by atoms with E-state index in [0.717, 1.165) is 0 Å². The van der Waals surface area contributed by atoms with Gasteiger partial charge in [0.1, 0.15) is 11.9 Å². The summed E-state index contributed by atoms with van der Waals surface area (Å²) in [7, 11) is 1.49. The molecule has 1 atom stereocenters. The molecule has 0 saturated heterocycles. The van der Waals surface area contributed by atoms with Crippen LogP contribution in [0.25, 0.3) is 0 Å². The molecule has 0 radical (unpaired) electrons. The van der Waals surface area contributed by atoms with Crippen LogP contribution >= 0.6 is 11.6 Å². The summed E-state index contributed by atoms with van der Waals surface area (Å²) < 4.78 is 0. The lowest BCUT2D eigenvalue weighted by Gasteiger charge is -2.12. The van der Waals surface area contributed by atoms with Gasteiger partial charge in [-0.3, -0.25) is 9.59 Å². The number of amides is 2. The van der Waals surface area contributed by atoms with E-state index in [2.05, 4.69) is 15.6 Å². The maximum Gasteiger partial charge on any atom is 0.253 e. The van der Waals surface area contributed by atoms with E-state index < -0.39 is 11.9 Å². The Balaban J connectivity index is 2.76. The predicted molar refractivity (Wildman–Crippen MR) is 64.7 cm³/mol. The van der Waals surface area contributed by atoms with Crippen molar-refractivity contribution in [3.05, 3.63) is 22.8 Å².